The van der Waals surface area contributed by atoms with E-state index in [9.17, 15) is 19.8 Å². The van der Waals surface area contributed by atoms with Crippen molar-refractivity contribution < 1.29 is 29.3 Å². The van der Waals surface area contributed by atoms with E-state index >= 15 is 0 Å². The summed E-state index contributed by atoms with van der Waals surface area (Å²) in [5, 5.41) is 21.6. The summed E-state index contributed by atoms with van der Waals surface area (Å²) in [6.45, 7) is 5.34. The quantitative estimate of drug-likeness (QED) is 0.223. The van der Waals surface area contributed by atoms with E-state index in [-0.39, 0.29) is 29.4 Å². The molecule has 4 rings (SSSR count). The Labute approximate surface area is 228 Å². The Morgan fingerprint density at radius 3 is 2.41 bits per heavy atom. The van der Waals surface area contributed by atoms with Gasteiger partial charge in [-0.3, -0.25) is 9.59 Å². The number of hydrogen-bond donors (Lipinski definition) is 2. The Hall–Kier alpha value is -4.30. The number of aromatic hydroxyl groups is 1. The van der Waals surface area contributed by atoms with Gasteiger partial charge in [-0.1, -0.05) is 35.9 Å². The Morgan fingerprint density at radius 2 is 1.74 bits per heavy atom. The number of likely N-dealkylation sites (N-methyl/N-ethyl adjacent to an activating group) is 1. The van der Waals surface area contributed by atoms with Gasteiger partial charge in [-0.05, 0) is 75.5 Å². The Bertz CT molecular complexity index is 1380. The van der Waals surface area contributed by atoms with Gasteiger partial charge in [0, 0.05) is 18.7 Å². The molecule has 0 bridgehead atoms. The predicted molar refractivity (Wildman–Crippen MR) is 149 cm³/mol. The van der Waals surface area contributed by atoms with E-state index in [0.29, 0.717) is 36.6 Å². The normalized spacial score (nSPS) is 16.6. The summed E-state index contributed by atoms with van der Waals surface area (Å²) in [5.74, 6) is -0.928. The molecule has 0 spiro atoms. The van der Waals surface area contributed by atoms with E-state index in [0.717, 1.165) is 11.1 Å². The molecule has 1 atom stereocenters. The van der Waals surface area contributed by atoms with Gasteiger partial charge in [0.25, 0.3) is 11.7 Å². The highest BCUT2D eigenvalue weighted by molar-refractivity contribution is 6.46. The highest BCUT2D eigenvalue weighted by atomic mass is 16.5. The molecule has 1 amide bonds. The zero-order chi connectivity index (χ0) is 28.1. The summed E-state index contributed by atoms with van der Waals surface area (Å²) < 4.78 is 11.4. The second-order valence-corrected chi connectivity index (χ2v) is 9.76. The van der Waals surface area contributed by atoms with Crippen LogP contribution in [0.15, 0.2) is 72.3 Å². The SMILES string of the molecule is CCOc1cc([C@H]2C(=C(O)c3ccc(OCc4cccc(C)c4)cc3)C(=O)C(=O)N2CCN(C)C)ccc1O. The lowest BCUT2D eigenvalue weighted by Gasteiger charge is -2.27. The number of nitrogens with zero attached hydrogens (tertiary/aromatic N) is 2. The van der Waals surface area contributed by atoms with E-state index < -0.39 is 17.7 Å². The summed E-state index contributed by atoms with van der Waals surface area (Å²) in [7, 11) is 3.75. The van der Waals surface area contributed by atoms with E-state index in [1.165, 1.54) is 11.0 Å². The van der Waals surface area contributed by atoms with E-state index in [2.05, 4.69) is 6.07 Å². The van der Waals surface area contributed by atoms with Gasteiger partial charge >= 0.3 is 0 Å². The van der Waals surface area contributed by atoms with Crippen LogP contribution in [0.25, 0.3) is 5.76 Å². The number of aryl methyl sites for hydroxylation is 1. The molecule has 1 aliphatic heterocycles. The van der Waals surface area contributed by atoms with Crippen molar-refractivity contribution in [3.8, 4) is 17.2 Å². The number of phenols is 1. The molecule has 1 aliphatic rings. The van der Waals surface area contributed by atoms with Gasteiger partial charge in [0.2, 0.25) is 0 Å². The number of Topliss-reactive ketones (excluding diaryl/α,β-unsaturated/α-hetero) is 1. The largest absolute Gasteiger partial charge is 0.507 e. The first kappa shape index (κ1) is 27.7. The maximum atomic E-state index is 13.3. The van der Waals surface area contributed by atoms with Crippen LogP contribution in [-0.2, 0) is 16.2 Å². The molecule has 0 saturated carbocycles. The van der Waals surface area contributed by atoms with E-state index in [1.54, 1.807) is 43.3 Å². The smallest absolute Gasteiger partial charge is 0.295 e. The fourth-order valence-electron chi connectivity index (χ4n) is 4.57. The number of aliphatic hydroxyl groups excluding tert-OH is 1. The molecule has 0 aromatic heterocycles. The van der Waals surface area contributed by atoms with Crippen molar-refractivity contribution in [3.63, 3.8) is 0 Å². The maximum Gasteiger partial charge on any atom is 0.295 e. The molecule has 8 nitrogen and oxygen atoms in total. The van der Waals surface area contributed by atoms with Crippen LogP contribution in [0, 0.1) is 6.92 Å². The van der Waals surface area contributed by atoms with Crippen molar-refractivity contribution in [2.45, 2.75) is 26.5 Å². The topological polar surface area (TPSA) is 99.5 Å². The number of ketones is 1. The molecule has 1 saturated heterocycles. The van der Waals surface area contributed by atoms with Gasteiger partial charge in [-0.25, -0.2) is 0 Å². The monoisotopic (exact) mass is 530 g/mol. The van der Waals surface area contributed by atoms with Crippen LogP contribution in [0.3, 0.4) is 0 Å². The van der Waals surface area contributed by atoms with E-state index in [4.69, 9.17) is 9.47 Å². The molecule has 2 N–H and O–H groups in total. The van der Waals surface area contributed by atoms with Crippen LogP contribution in [0.1, 0.15) is 35.2 Å². The molecule has 1 fully saturated rings. The van der Waals surface area contributed by atoms with Crippen LogP contribution < -0.4 is 9.47 Å². The van der Waals surface area contributed by atoms with Crippen molar-refractivity contribution in [2.24, 2.45) is 0 Å². The molecular formula is C31H34N2O6. The van der Waals surface area contributed by atoms with Crippen LogP contribution in [0.5, 0.6) is 17.2 Å². The molecule has 3 aromatic rings. The Kier molecular flexibility index (Phi) is 8.56. The zero-order valence-electron chi connectivity index (χ0n) is 22.7. The zero-order valence-corrected chi connectivity index (χ0v) is 22.7. The van der Waals surface area contributed by atoms with Crippen LogP contribution >= 0.6 is 0 Å². The highest BCUT2D eigenvalue weighted by Gasteiger charge is 2.46. The lowest BCUT2D eigenvalue weighted by atomic mass is 9.95. The summed E-state index contributed by atoms with van der Waals surface area (Å²) >= 11 is 0. The van der Waals surface area contributed by atoms with Gasteiger partial charge in [0.15, 0.2) is 11.5 Å². The Balaban J connectivity index is 1.68. The van der Waals surface area contributed by atoms with Crippen LogP contribution in [-0.4, -0.2) is 65.5 Å². The number of phenolic OH excluding ortho intramolecular Hbond substituents is 1. The van der Waals surface area contributed by atoms with Gasteiger partial charge in [0.1, 0.15) is 18.1 Å². The molecular weight excluding hydrogens is 496 g/mol. The van der Waals surface area contributed by atoms with Crippen molar-refractivity contribution in [2.75, 3.05) is 33.8 Å². The van der Waals surface area contributed by atoms with Crippen LogP contribution in [0.4, 0.5) is 0 Å². The number of amides is 1. The fourth-order valence-corrected chi connectivity index (χ4v) is 4.57. The minimum absolute atomic E-state index is 0.0136. The van der Waals surface area contributed by atoms with Gasteiger partial charge in [-0.15, -0.1) is 0 Å². The van der Waals surface area contributed by atoms with Crippen molar-refractivity contribution in [1.29, 1.82) is 0 Å². The molecule has 0 aliphatic carbocycles. The number of rotatable bonds is 10. The number of aliphatic hydroxyl groups is 1. The molecule has 1 heterocycles. The third-order valence-electron chi connectivity index (χ3n) is 6.54. The fraction of sp³-hybridized carbons (Fsp3) is 0.290. The summed E-state index contributed by atoms with van der Waals surface area (Å²) in [6, 6.07) is 18.7. The van der Waals surface area contributed by atoms with E-state index in [1.807, 2.05) is 44.1 Å². The first-order chi connectivity index (χ1) is 18.7. The minimum Gasteiger partial charge on any atom is -0.507 e. The average Bonchev–Trinajstić information content (AvgIpc) is 3.17. The Morgan fingerprint density at radius 1 is 1.00 bits per heavy atom. The third kappa shape index (κ3) is 6.23. The molecule has 39 heavy (non-hydrogen) atoms. The minimum atomic E-state index is -0.845. The number of carbonyl (C=O) groups excluding carboxylic acids is 2. The van der Waals surface area contributed by atoms with Gasteiger partial charge in [0.05, 0.1) is 18.2 Å². The average molecular weight is 531 g/mol. The number of carbonyl (C=O) groups is 2. The van der Waals surface area contributed by atoms with Gasteiger partial charge < -0.3 is 29.5 Å². The molecule has 3 aromatic carbocycles. The highest BCUT2D eigenvalue weighted by Crippen LogP contribution is 2.41. The summed E-state index contributed by atoms with van der Waals surface area (Å²) in [5.41, 5.74) is 3.11. The summed E-state index contributed by atoms with van der Waals surface area (Å²) in [4.78, 5) is 29.8. The number of likely N-dealkylation sites (tertiary alicyclic amines) is 1. The number of benzene rings is 3. The second kappa shape index (κ2) is 12.0. The molecule has 8 heteroatoms. The number of hydrogen-bond acceptors (Lipinski definition) is 7. The summed E-state index contributed by atoms with van der Waals surface area (Å²) in [6.07, 6.45) is 0. The third-order valence-corrected chi connectivity index (χ3v) is 6.54. The van der Waals surface area contributed by atoms with Crippen molar-refractivity contribution in [3.05, 3.63) is 94.6 Å². The maximum absolute atomic E-state index is 13.3. The molecule has 0 radical (unpaired) electrons. The predicted octanol–water partition coefficient (Wildman–Crippen LogP) is 4.66. The van der Waals surface area contributed by atoms with Crippen molar-refractivity contribution >= 4 is 17.4 Å². The van der Waals surface area contributed by atoms with Crippen LogP contribution in [0.2, 0.25) is 0 Å². The molecule has 204 valence electrons. The van der Waals surface area contributed by atoms with Gasteiger partial charge in [-0.2, -0.15) is 0 Å². The first-order valence-corrected chi connectivity index (χ1v) is 12.9. The lowest BCUT2D eigenvalue weighted by molar-refractivity contribution is -0.140. The van der Waals surface area contributed by atoms with Crippen molar-refractivity contribution in [1.82, 2.24) is 9.80 Å². The lowest BCUT2D eigenvalue weighted by Crippen LogP contribution is -2.35. The molecule has 0 unspecified atom stereocenters. The second-order valence-electron chi connectivity index (χ2n) is 9.76. The number of ether oxygens (including phenoxy) is 2. The standard InChI is InChI=1S/C31H34N2O6/c1-5-38-26-18-23(11-14-25(26)34)28-27(30(36)31(37)33(28)16-15-32(3)4)29(35)22-9-12-24(13-10-22)39-19-21-8-6-7-20(2)17-21/h6-14,17-18,28,34-35H,5,15-16,19H2,1-4H3/t28-/m0/s1. The first-order valence-electron chi connectivity index (χ1n) is 12.9.